The summed E-state index contributed by atoms with van der Waals surface area (Å²) in [5, 5.41) is 4.46. The van der Waals surface area contributed by atoms with E-state index in [1.54, 1.807) is 24.3 Å². The van der Waals surface area contributed by atoms with E-state index in [0.717, 1.165) is 0 Å². The van der Waals surface area contributed by atoms with Gasteiger partial charge in [-0.2, -0.15) is 8.78 Å². The molecule has 1 aromatic heterocycles. The van der Waals surface area contributed by atoms with E-state index in [2.05, 4.69) is 10.1 Å². The van der Waals surface area contributed by atoms with Gasteiger partial charge in [-0.25, -0.2) is 0 Å². The van der Waals surface area contributed by atoms with Crippen LogP contribution in [0.2, 0.25) is 0 Å². The molecule has 0 aliphatic rings. The third kappa shape index (κ3) is 5.78. The van der Waals surface area contributed by atoms with Crippen LogP contribution >= 0.6 is 11.3 Å². The molecule has 1 N–H and O–H groups in total. The number of thiophene rings is 1. The lowest BCUT2D eigenvalue weighted by atomic mass is 10.1. The average molecular weight is 339 g/mol. The molecule has 1 aromatic carbocycles. The molecule has 0 bridgehead atoms. The van der Waals surface area contributed by atoms with Gasteiger partial charge in [0, 0.05) is 19.4 Å². The second-order valence-corrected chi connectivity index (χ2v) is 5.65. The molecule has 0 atom stereocenters. The van der Waals surface area contributed by atoms with E-state index in [-0.39, 0.29) is 36.8 Å². The minimum absolute atomic E-state index is 0.0413. The first-order chi connectivity index (χ1) is 11.0. The Morgan fingerprint density at radius 2 is 2.00 bits per heavy atom. The smallest absolute Gasteiger partial charge is 0.387 e. The van der Waals surface area contributed by atoms with Crippen molar-refractivity contribution in [3.8, 4) is 5.75 Å². The first-order valence-electron chi connectivity index (χ1n) is 6.92. The maximum Gasteiger partial charge on any atom is 0.387 e. The third-order valence-corrected chi connectivity index (χ3v) is 3.90. The zero-order valence-corrected chi connectivity index (χ0v) is 12.9. The molecule has 0 spiro atoms. The number of Topliss-reactive ketones (excluding diaryl/α,β-unsaturated/α-hetero) is 1. The summed E-state index contributed by atoms with van der Waals surface area (Å²) in [4.78, 5) is 24.2. The molecule has 122 valence electrons. The molecule has 1 heterocycles. The number of carbonyl (C=O) groups excluding carboxylic acids is 2. The van der Waals surface area contributed by atoms with Gasteiger partial charge in [0.15, 0.2) is 5.78 Å². The predicted octanol–water partition coefficient (Wildman–Crippen LogP) is 3.63. The van der Waals surface area contributed by atoms with Crippen LogP contribution in [0, 0.1) is 0 Å². The number of alkyl halides is 2. The van der Waals surface area contributed by atoms with Crippen molar-refractivity contribution in [1.82, 2.24) is 5.32 Å². The standard InChI is InChI=1S/C16H15F2NO3S/c17-16(18)22-12-4-1-3-11(9-12)10-19-15(21)7-6-13(20)14-5-2-8-23-14/h1-5,8-9,16H,6-7,10H2,(H,19,21). The summed E-state index contributed by atoms with van der Waals surface area (Å²) in [6.45, 7) is -2.70. The van der Waals surface area contributed by atoms with Crippen molar-refractivity contribution in [2.75, 3.05) is 0 Å². The molecule has 2 aromatic rings. The van der Waals surface area contributed by atoms with Gasteiger partial charge in [0.1, 0.15) is 5.75 Å². The van der Waals surface area contributed by atoms with Gasteiger partial charge in [0.25, 0.3) is 0 Å². The van der Waals surface area contributed by atoms with Crippen molar-refractivity contribution in [2.24, 2.45) is 0 Å². The number of benzene rings is 1. The third-order valence-electron chi connectivity index (χ3n) is 2.99. The van der Waals surface area contributed by atoms with Gasteiger partial charge in [-0.05, 0) is 29.1 Å². The summed E-state index contributed by atoms with van der Waals surface area (Å²) in [6, 6.07) is 9.61. The molecule has 0 unspecified atom stereocenters. The van der Waals surface area contributed by atoms with Crippen LogP contribution in [-0.2, 0) is 11.3 Å². The molecule has 0 radical (unpaired) electrons. The average Bonchev–Trinajstić information content (AvgIpc) is 3.05. The van der Waals surface area contributed by atoms with Crippen molar-refractivity contribution in [3.63, 3.8) is 0 Å². The fourth-order valence-electron chi connectivity index (χ4n) is 1.91. The van der Waals surface area contributed by atoms with E-state index in [1.807, 2.05) is 5.38 Å². The molecule has 2 rings (SSSR count). The molecule has 7 heteroatoms. The maximum atomic E-state index is 12.1. The Labute approximate surface area is 136 Å². The number of hydrogen-bond acceptors (Lipinski definition) is 4. The number of ether oxygens (including phenoxy) is 1. The summed E-state index contributed by atoms with van der Waals surface area (Å²) in [5.74, 6) is -0.294. The quantitative estimate of drug-likeness (QED) is 0.747. The highest BCUT2D eigenvalue weighted by Gasteiger charge is 2.10. The molecule has 0 aliphatic carbocycles. The Hall–Kier alpha value is -2.28. The number of hydrogen-bond donors (Lipinski definition) is 1. The van der Waals surface area contributed by atoms with E-state index < -0.39 is 6.61 Å². The summed E-state index contributed by atoms with van der Waals surface area (Å²) in [6.07, 6.45) is 0.227. The SMILES string of the molecule is O=C(CCC(=O)c1cccs1)NCc1cccc(OC(F)F)c1. The van der Waals surface area contributed by atoms with Crippen molar-refractivity contribution in [1.29, 1.82) is 0 Å². The monoisotopic (exact) mass is 339 g/mol. The van der Waals surface area contributed by atoms with Crippen LogP contribution in [0.1, 0.15) is 28.1 Å². The van der Waals surface area contributed by atoms with Gasteiger partial charge in [0.2, 0.25) is 5.91 Å². The number of nitrogens with one attached hydrogen (secondary N) is 1. The van der Waals surface area contributed by atoms with Crippen LogP contribution in [0.25, 0.3) is 0 Å². The van der Waals surface area contributed by atoms with Crippen molar-refractivity contribution >= 4 is 23.0 Å². The summed E-state index contributed by atoms with van der Waals surface area (Å²) in [5.41, 5.74) is 0.640. The lowest BCUT2D eigenvalue weighted by Gasteiger charge is -2.08. The summed E-state index contributed by atoms with van der Waals surface area (Å²) in [7, 11) is 0. The summed E-state index contributed by atoms with van der Waals surface area (Å²) < 4.78 is 28.6. The molecule has 0 saturated carbocycles. The zero-order valence-electron chi connectivity index (χ0n) is 12.1. The predicted molar refractivity (Wildman–Crippen MR) is 82.8 cm³/mol. The second kappa shape index (κ2) is 8.38. The molecule has 0 aliphatic heterocycles. The highest BCUT2D eigenvalue weighted by molar-refractivity contribution is 7.12. The number of amides is 1. The van der Waals surface area contributed by atoms with Crippen LogP contribution in [0.3, 0.4) is 0 Å². The highest BCUT2D eigenvalue weighted by Crippen LogP contribution is 2.16. The Bertz CT molecular complexity index is 659. The maximum absolute atomic E-state index is 12.1. The van der Waals surface area contributed by atoms with Gasteiger partial charge in [0.05, 0.1) is 4.88 Å². The van der Waals surface area contributed by atoms with Gasteiger partial charge in [-0.15, -0.1) is 11.3 Å². The zero-order chi connectivity index (χ0) is 16.7. The lowest BCUT2D eigenvalue weighted by molar-refractivity contribution is -0.121. The topological polar surface area (TPSA) is 55.4 Å². The second-order valence-electron chi connectivity index (χ2n) is 4.70. The molecule has 0 saturated heterocycles. The Balaban J connectivity index is 1.77. The van der Waals surface area contributed by atoms with Crippen LogP contribution in [0.5, 0.6) is 5.75 Å². The van der Waals surface area contributed by atoms with Gasteiger partial charge < -0.3 is 10.1 Å². The number of carbonyl (C=O) groups is 2. The van der Waals surface area contributed by atoms with E-state index in [4.69, 9.17) is 0 Å². The lowest BCUT2D eigenvalue weighted by Crippen LogP contribution is -2.23. The first kappa shape index (κ1) is 17.1. The van der Waals surface area contributed by atoms with Crippen LogP contribution < -0.4 is 10.1 Å². The van der Waals surface area contributed by atoms with Gasteiger partial charge in [-0.3, -0.25) is 9.59 Å². The van der Waals surface area contributed by atoms with Crippen molar-refractivity contribution in [3.05, 3.63) is 52.2 Å². The van der Waals surface area contributed by atoms with E-state index >= 15 is 0 Å². The molecular weight excluding hydrogens is 324 g/mol. The van der Waals surface area contributed by atoms with Crippen LogP contribution in [0.15, 0.2) is 41.8 Å². The first-order valence-corrected chi connectivity index (χ1v) is 7.79. The summed E-state index contributed by atoms with van der Waals surface area (Å²) >= 11 is 1.34. The van der Waals surface area contributed by atoms with Crippen LogP contribution in [0.4, 0.5) is 8.78 Å². The van der Waals surface area contributed by atoms with Crippen molar-refractivity contribution in [2.45, 2.75) is 26.0 Å². The van der Waals surface area contributed by atoms with E-state index in [9.17, 15) is 18.4 Å². The molecule has 4 nitrogen and oxygen atoms in total. The minimum atomic E-state index is -2.89. The van der Waals surface area contributed by atoms with Gasteiger partial charge >= 0.3 is 6.61 Å². The van der Waals surface area contributed by atoms with E-state index in [0.29, 0.717) is 10.4 Å². The Morgan fingerprint density at radius 3 is 2.70 bits per heavy atom. The Morgan fingerprint density at radius 1 is 1.17 bits per heavy atom. The van der Waals surface area contributed by atoms with Crippen molar-refractivity contribution < 1.29 is 23.1 Å². The Kier molecular flexibility index (Phi) is 6.22. The van der Waals surface area contributed by atoms with Crippen LogP contribution in [-0.4, -0.2) is 18.3 Å². The van der Waals surface area contributed by atoms with Gasteiger partial charge in [-0.1, -0.05) is 18.2 Å². The largest absolute Gasteiger partial charge is 0.435 e. The van der Waals surface area contributed by atoms with E-state index in [1.165, 1.54) is 23.5 Å². The molecular formula is C16H15F2NO3S. The fraction of sp³-hybridized carbons (Fsp3) is 0.250. The highest BCUT2D eigenvalue weighted by atomic mass is 32.1. The number of ketones is 1. The molecule has 0 fully saturated rings. The molecule has 1 amide bonds. The number of rotatable bonds is 8. The normalized spacial score (nSPS) is 10.6. The number of halogens is 2. The molecule has 23 heavy (non-hydrogen) atoms. The fourth-order valence-corrected chi connectivity index (χ4v) is 2.60. The minimum Gasteiger partial charge on any atom is -0.435 e.